The molecule has 0 bridgehead atoms. The fraction of sp³-hybridized carbons (Fsp3) is 0.182. The smallest absolute Gasteiger partial charge is 0.107 e. The molecule has 0 aliphatic carbocycles. The van der Waals surface area contributed by atoms with Crippen molar-refractivity contribution in [1.29, 1.82) is 0 Å². The summed E-state index contributed by atoms with van der Waals surface area (Å²) >= 11 is 1.70. The maximum atomic E-state index is 4.53. The number of nitrogens with one attached hydrogen (secondary N) is 1. The highest BCUT2D eigenvalue weighted by Crippen LogP contribution is 2.21. The van der Waals surface area contributed by atoms with Crippen LogP contribution < -0.4 is 5.32 Å². The molecule has 1 heterocycles. The minimum absolute atomic E-state index is 0.845. The van der Waals surface area contributed by atoms with E-state index in [4.69, 9.17) is 0 Å². The molecule has 0 amide bonds. The van der Waals surface area contributed by atoms with E-state index in [-0.39, 0.29) is 0 Å². The van der Waals surface area contributed by atoms with E-state index in [2.05, 4.69) is 27.8 Å². The molecule has 0 aliphatic heterocycles. The van der Waals surface area contributed by atoms with Crippen LogP contribution in [0.5, 0.6) is 0 Å². The van der Waals surface area contributed by atoms with Crippen molar-refractivity contribution in [2.75, 3.05) is 7.05 Å². The summed E-state index contributed by atoms with van der Waals surface area (Å²) in [5.74, 6) is 0. The highest BCUT2D eigenvalue weighted by atomic mass is 32.1. The lowest BCUT2D eigenvalue weighted by molar-refractivity contribution is 0.811. The Morgan fingerprint density at radius 1 is 1.29 bits per heavy atom. The van der Waals surface area contributed by atoms with Gasteiger partial charge in [-0.1, -0.05) is 30.3 Å². The number of thiazole rings is 1. The minimum Gasteiger partial charge on any atom is -0.314 e. The van der Waals surface area contributed by atoms with Crippen molar-refractivity contribution < 1.29 is 0 Å². The van der Waals surface area contributed by atoms with Crippen molar-refractivity contribution in [2.45, 2.75) is 6.54 Å². The summed E-state index contributed by atoms with van der Waals surface area (Å²) in [7, 11) is 1.93. The second kappa shape index (κ2) is 4.35. The Hall–Kier alpha value is -1.19. The first-order valence-electron chi connectivity index (χ1n) is 4.54. The van der Waals surface area contributed by atoms with Crippen molar-refractivity contribution in [3.05, 3.63) is 40.7 Å². The molecule has 0 radical (unpaired) electrons. The Kier molecular flexibility index (Phi) is 2.91. The zero-order valence-electron chi connectivity index (χ0n) is 8.03. The molecule has 1 N–H and O–H groups in total. The maximum absolute atomic E-state index is 4.53. The van der Waals surface area contributed by atoms with Crippen LogP contribution in [0, 0.1) is 0 Å². The van der Waals surface area contributed by atoms with Crippen LogP contribution in [-0.2, 0) is 6.54 Å². The van der Waals surface area contributed by atoms with E-state index in [0.29, 0.717) is 0 Å². The molecule has 0 fully saturated rings. The van der Waals surface area contributed by atoms with Gasteiger partial charge in [0.25, 0.3) is 0 Å². The Morgan fingerprint density at radius 3 is 2.79 bits per heavy atom. The first-order chi connectivity index (χ1) is 6.90. The normalized spacial score (nSPS) is 10.4. The van der Waals surface area contributed by atoms with Gasteiger partial charge in [-0.3, -0.25) is 0 Å². The highest BCUT2D eigenvalue weighted by molar-refractivity contribution is 7.09. The predicted molar refractivity (Wildman–Crippen MR) is 60.3 cm³/mol. The van der Waals surface area contributed by atoms with Gasteiger partial charge < -0.3 is 5.32 Å². The molecule has 72 valence electrons. The van der Waals surface area contributed by atoms with Crippen molar-refractivity contribution in [3.8, 4) is 11.3 Å². The average molecular weight is 204 g/mol. The van der Waals surface area contributed by atoms with E-state index in [1.807, 2.05) is 25.2 Å². The quantitative estimate of drug-likeness (QED) is 0.831. The molecule has 14 heavy (non-hydrogen) atoms. The molecule has 0 saturated heterocycles. The summed E-state index contributed by atoms with van der Waals surface area (Å²) in [6.45, 7) is 0.845. The maximum Gasteiger partial charge on any atom is 0.107 e. The monoisotopic (exact) mass is 204 g/mol. The van der Waals surface area contributed by atoms with Crippen LogP contribution in [0.3, 0.4) is 0 Å². The van der Waals surface area contributed by atoms with E-state index >= 15 is 0 Å². The SMILES string of the molecule is CNCc1nc(-c2ccccc2)cs1. The summed E-state index contributed by atoms with van der Waals surface area (Å²) in [5, 5.41) is 6.33. The first kappa shape index (κ1) is 9.37. The van der Waals surface area contributed by atoms with Crippen molar-refractivity contribution in [1.82, 2.24) is 10.3 Å². The van der Waals surface area contributed by atoms with Gasteiger partial charge >= 0.3 is 0 Å². The molecule has 0 saturated carbocycles. The van der Waals surface area contributed by atoms with E-state index < -0.39 is 0 Å². The molecule has 0 atom stereocenters. The average Bonchev–Trinajstić information content (AvgIpc) is 2.68. The molecular formula is C11H12N2S. The lowest BCUT2D eigenvalue weighted by Crippen LogP contribution is -2.04. The van der Waals surface area contributed by atoms with Gasteiger partial charge in [0, 0.05) is 17.5 Å². The number of benzene rings is 1. The van der Waals surface area contributed by atoms with Gasteiger partial charge in [-0.2, -0.15) is 0 Å². The predicted octanol–water partition coefficient (Wildman–Crippen LogP) is 2.53. The summed E-state index contributed by atoms with van der Waals surface area (Å²) in [6.07, 6.45) is 0. The van der Waals surface area contributed by atoms with Gasteiger partial charge in [-0.25, -0.2) is 4.98 Å². The van der Waals surface area contributed by atoms with Gasteiger partial charge in [0.2, 0.25) is 0 Å². The van der Waals surface area contributed by atoms with Gasteiger partial charge in [-0.15, -0.1) is 11.3 Å². The number of aromatic nitrogens is 1. The third-order valence-corrected chi connectivity index (χ3v) is 2.80. The fourth-order valence-electron chi connectivity index (χ4n) is 1.28. The van der Waals surface area contributed by atoms with Crippen LogP contribution in [0.4, 0.5) is 0 Å². The van der Waals surface area contributed by atoms with Crippen LogP contribution >= 0.6 is 11.3 Å². The van der Waals surface area contributed by atoms with Crippen molar-refractivity contribution in [2.24, 2.45) is 0 Å². The van der Waals surface area contributed by atoms with Crippen molar-refractivity contribution in [3.63, 3.8) is 0 Å². The van der Waals surface area contributed by atoms with Gasteiger partial charge in [0.15, 0.2) is 0 Å². The third-order valence-electron chi connectivity index (χ3n) is 1.95. The molecule has 1 aromatic carbocycles. The van der Waals surface area contributed by atoms with Gasteiger partial charge in [-0.05, 0) is 7.05 Å². The van der Waals surface area contributed by atoms with Gasteiger partial charge in [0.05, 0.1) is 5.69 Å². The molecule has 2 nitrogen and oxygen atoms in total. The van der Waals surface area contributed by atoms with E-state index in [1.54, 1.807) is 11.3 Å². The summed E-state index contributed by atoms with van der Waals surface area (Å²) in [6, 6.07) is 10.2. The van der Waals surface area contributed by atoms with Gasteiger partial charge in [0.1, 0.15) is 5.01 Å². The number of hydrogen-bond donors (Lipinski definition) is 1. The molecule has 0 aliphatic rings. The van der Waals surface area contributed by atoms with Crippen LogP contribution in [-0.4, -0.2) is 12.0 Å². The zero-order chi connectivity index (χ0) is 9.80. The van der Waals surface area contributed by atoms with Crippen LogP contribution in [0.2, 0.25) is 0 Å². The number of rotatable bonds is 3. The van der Waals surface area contributed by atoms with E-state index in [0.717, 1.165) is 17.2 Å². The molecular weight excluding hydrogens is 192 g/mol. The van der Waals surface area contributed by atoms with E-state index in [9.17, 15) is 0 Å². The summed E-state index contributed by atoms with van der Waals surface area (Å²) in [4.78, 5) is 4.53. The molecule has 2 aromatic rings. The zero-order valence-corrected chi connectivity index (χ0v) is 8.84. The topological polar surface area (TPSA) is 24.9 Å². The third kappa shape index (κ3) is 2.00. The Labute approximate surface area is 87.6 Å². The molecule has 2 rings (SSSR count). The largest absolute Gasteiger partial charge is 0.314 e. The lowest BCUT2D eigenvalue weighted by Gasteiger charge is -1.94. The second-order valence-corrected chi connectivity index (χ2v) is 3.97. The highest BCUT2D eigenvalue weighted by Gasteiger charge is 2.02. The van der Waals surface area contributed by atoms with Crippen LogP contribution in [0.1, 0.15) is 5.01 Å². The number of nitrogens with zero attached hydrogens (tertiary/aromatic N) is 1. The molecule has 0 spiro atoms. The Bertz CT molecular complexity index is 395. The van der Waals surface area contributed by atoms with Crippen LogP contribution in [0.25, 0.3) is 11.3 Å². The summed E-state index contributed by atoms with van der Waals surface area (Å²) < 4.78 is 0. The molecule has 1 aromatic heterocycles. The standard InChI is InChI=1S/C11H12N2S/c1-12-7-11-13-10(8-14-11)9-5-3-2-4-6-9/h2-6,8,12H,7H2,1H3. The summed E-state index contributed by atoms with van der Waals surface area (Å²) in [5.41, 5.74) is 2.26. The van der Waals surface area contributed by atoms with Crippen molar-refractivity contribution >= 4 is 11.3 Å². The Morgan fingerprint density at radius 2 is 2.07 bits per heavy atom. The molecule has 3 heteroatoms. The Balaban J connectivity index is 2.25. The minimum atomic E-state index is 0.845. The van der Waals surface area contributed by atoms with E-state index in [1.165, 1.54) is 5.56 Å². The molecule has 0 unspecified atom stereocenters. The number of hydrogen-bond acceptors (Lipinski definition) is 3. The first-order valence-corrected chi connectivity index (χ1v) is 5.42. The van der Waals surface area contributed by atoms with Crippen LogP contribution in [0.15, 0.2) is 35.7 Å². The lowest BCUT2D eigenvalue weighted by atomic mass is 10.2. The fourth-order valence-corrected chi connectivity index (χ4v) is 2.10. The second-order valence-electron chi connectivity index (χ2n) is 3.02.